The summed E-state index contributed by atoms with van der Waals surface area (Å²) in [4.78, 5) is 20.6. The predicted molar refractivity (Wildman–Crippen MR) is 46.2 cm³/mol. The summed E-state index contributed by atoms with van der Waals surface area (Å²) in [6.45, 7) is 0. The summed E-state index contributed by atoms with van der Waals surface area (Å²) in [5.41, 5.74) is 1.03. The minimum atomic E-state index is -0.433. The van der Waals surface area contributed by atoms with Crippen LogP contribution in [0.25, 0.3) is 0 Å². The molecule has 0 radical (unpaired) electrons. The van der Waals surface area contributed by atoms with Crippen LogP contribution in [0.1, 0.15) is 22.3 Å². The van der Waals surface area contributed by atoms with Crippen molar-refractivity contribution in [3.05, 3.63) is 35.1 Å². The standard InChI is InChI=1S/C10H9FO2/c11-10-4-3-8(2-1-5-12)9(6-10)7-13/h3-7H,1-2H2. The number of aryl methyl sites for hydroxylation is 1. The Morgan fingerprint density at radius 3 is 2.69 bits per heavy atom. The number of carbonyl (C=O) groups excluding carboxylic acids is 2. The van der Waals surface area contributed by atoms with Gasteiger partial charge in [-0.15, -0.1) is 0 Å². The van der Waals surface area contributed by atoms with Gasteiger partial charge in [0.05, 0.1) is 0 Å². The molecule has 0 heterocycles. The highest BCUT2D eigenvalue weighted by Gasteiger charge is 2.02. The van der Waals surface area contributed by atoms with Crippen molar-refractivity contribution in [3.63, 3.8) is 0 Å². The monoisotopic (exact) mass is 180 g/mol. The van der Waals surface area contributed by atoms with Crippen molar-refractivity contribution in [2.24, 2.45) is 0 Å². The number of rotatable bonds is 4. The Morgan fingerprint density at radius 1 is 1.31 bits per heavy atom. The molecule has 0 fully saturated rings. The van der Waals surface area contributed by atoms with E-state index in [2.05, 4.69) is 0 Å². The molecule has 0 amide bonds. The van der Waals surface area contributed by atoms with E-state index in [1.54, 1.807) is 0 Å². The average Bonchev–Trinajstić information content (AvgIpc) is 2.16. The fourth-order valence-electron chi connectivity index (χ4n) is 1.12. The number of halogens is 1. The number of benzene rings is 1. The smallest absolute Gasteiger partial charge is 0.150 e. The molecule has 0 atom stereocenters. The zero-order valence-electron chi connectivity index (χ0n) is 7.00. The summed E-state index contributed by atoms with van der Waals surface area (Å²) in [5, 5.41) is 0. The lowest BCUT2D eigenvalue weighted by Crippen LogP contribution is -1.94. The summed E-state index contributed by atoms with van der Waals surface area (Å²) in [6, 6.07) is 3.99. The minimum absolute atomic E-state index is 0.321. The van der Waals surface area contributed by atoms with E-state index in [1.807, 2.05) is 0 Å². The highest BCUT2D eigenvalue weighted by molar-refractivity contribution is 5.77. The molecule has 1 aromatic carbocycles. The molecular weight excluding hydrogens is 171 g/mol. The highest BCUT2D eigenvalue weighted by atomic mass is 19.1. The summed E-state index contributed by atoms with van der Waals surface area (Å²) < 4.78 is 12.6. The molecule has 0 aromatic heterocycles. The summed E-state index contributed by atoms with van der Waals surface area (Å²) in [5.74, 6) is -0.433. The molecule has 0 aliphatic rings. The third kappa shape index (κ3) is 2.47. The molecule has 0 N–H and O–H groups in total. The van der Waals surface area contributed by atoms with Gasteiger partial charge in [0.15, 0.2) is 0 Å². The second-order valence-electron chi connectivity index (χ2n) is 2.67. The largest absolute Gasteiger partial charge is 0.303 e. The van der Waals surface area contributed by atoms with E-state index in [-0.39, 0.29) is 0 Å². The first-order valence-electron chi connectivity index (χ1n) is 3.95. The fourth-order valence-corrected chi connectivity index (χ4v) is 1.12. The van der Waals surface area contributed by atoms with Crippen LogP contribution in [0.2, 0.25) is 0 Å². The molecule has 13 heavy (non-hydrogen) atoms. The van der Waals surface area contributed by atoms with Gasteiger partial charge in [-0.05, 0) is 24.1 Å². The lowest BCUT2D eigenvalue weighted by atomic mass is 10.0. The Labute approximate surface area is 75.4 Å². The minimum Gasteiger partial charge on any atom is -0.303 e. The van der Waals surface area contributed by atoms with Gasteiger partial charge in [0.25, 0.3) is 0 Å². The van der Waals surface area contributed by atoms with Crippen LogP contribution in [-0.2, 0) is 11.2 Å². The predicted octanol–water partition coefficient (Wildman–Crippen LogP) is 1.77. The van der Waals surface area contributed by atoms with Crippen molar-refractivity contribution in [2.45, 2.75) is 12.8 Å². The van der Waals surface area contributed by atoms with E-state index in [0.717, 1.165) is 6.29 Å². The van der Waals surface area contributed by atoms with Gasteiger partial charge in [-0.25, -0.2) is 4.39 Å². The van der Waals surface area contributed by atoms with Crippen molar-refractivity contribution in [3.8, 4) is 0 Å². The summed E-state index contributed by atoms with van der Waals surface area (Å²) >= 11 is 0. The maximum Gasteiger partial charge on any atom is 0.150 e. The van der Waals surface area contributed by atoms with Crippen molar-refractivity contribution < 1.29 is 14.0 Å². The lowest BCUT2D eigenvalue weighted by Gasteiger charge is -2.01. The van der Waals surface area contributed by atoms with Crippen LogP contribution < -0.4 is 0 Å². The van der Waals surface area contributed by atoms with Crippen LogP contribution in [-0.4, -0.2) is 12.6 Å². The molecule has 0 bridgehead atoms. The molecule has 0 saturated heterocycles. The fraction of sp³-hybridized carbons (Fsp3) is 0.200. The van der Waals surface area contributed by atoms with Crippen LogP contribution in [0, 0.1) is 5.82 Å². The normalized spacial score (nSPS) is 9.62. The van der Waals surface area contributed by atoms with Gasteiger partial charge in [0.2, 0.25) is 0 Å². The second-order valence-corrected chi connectivity index (χ2v) is 2.67. The zero-order chi connectivity index (χ0) is 9.68. The molecule has 3 heteroatoms. The van der Waals surface area contributed by atoms with Gasteiger partial charge in [-0.3, -0.25) is 4.79 Å². The SMILES string of the molecule is O=CCCc1ccc(F)cc1C=O. The molecule has 0 aliphatic carbocycles. The molecule has 0 unspecified atom stereocenters. The zero-order valence-corrected chi connectivity index (χ0v) is 7.00. The molecule has 0 spiro atoms. The van der Waals surface area contributed by atoms with Gasteiger partial charge >= 0.3 is 0 Å². The molecule has 0 aliphatic heterocycles. The van der Waals surface area contributed by atoms with E-state index in [4.69, 9.17) is 0 Å². The summed E-state index contributed by atoms with van der Waals surface area (Å²) in [7, 11) is 0. The quantitative estimate of drug-likeness (QED) is 0.662. The van der Waals surface area contributed by atoms with Crippen molar-refractivity contribution in [1.82, 2.24) is 0 Å². The van der Waals surface area contributed by atoms with E-state index in [9.17, 15) is 14.0 Å². The highest BCUT2D eigenvalue weighted by Crippen LogP contribution is 2.10. The summed E-state index contributed by atoms with van der Waals surface area (Å²) in [6.07, 6.45) is 2.21. The van der Waals surface area contributed by atoms with E-state index >= 15 is 0 Å². The van der Waals surface area contributed by atoms with Crippen LogP contribution >= 0.6 is 0 Å². The number of hydrogen-bond donors (Lipinski definition) is 0. The van der Waals surface area contributed by atoms with Crippen LogP contribution in [0.5, 0.6) is 0 Å². The maximum absolute atomic E-state index is 12.6. The first kappa shape index (κ1) is 9.58. The Balaban J connectivity index is 2.91. The van der Waals surface area contributed by atoms with Crippen LogP contribution in [0.3, 0.4) is 0 Å². The Hall–Kier alpha value is -1.51. The topological polar surface area (TPSA) is 34.1 Å². The second kappa shape index (κ2) is 4.50. The Bertz CT molecular complexity index is 321. The Kier molecular flexibility index (Phi) is 3.31. The van der Waals surface area contributed by atoms with Gasteiger partial charge < -0.3 is 4.79 Å². The maximum atomic E-state index is 12.6. The van der Waals surface area contributed by atoms with E-state index < -0.39 is 5.82 Å². The third-order valence-electron chi connectivity index (χ3n) is 1.77. The Morgan fingerprint density at radius 2 is 2.08 bits per heavy atom. The van der Waals surface area contributed by atoms with E-state index in [1.165, 1.54) is 18.2 Å². The van der Waals surface area contributed by atoms with Crippen LogP contribution in [0.4, 0.5) is 4.39 Å². The number of carbonyl (C=O) groups is 2. The lowest BCUT2D eigenvalue weighted by molar-refractivity contribution is -0.107. The van der Waals surface area contributed by atoms with Crippen molar-refractivity contribution >= 4 is 12.6 Å². The van der Waals surface area contributed by atoms with Gasteiger partial charge in [0, 0.05) is 12.0 Å². The molecule has 0 saturated carbocycles. The first-order chi connectivity index (χ1) is 6.27. The third-order valence-corrected chi connectivity index (χ3v) is 1.77. The van der Waals surface area contributed by atoms with Gasteiger partial charge in [-0.1, -0.05) is 6.07 Å². The van der Waals surface area contributed by atoms with Gasteiger partial charge in [0.1, 0.15) is 18.4 Å². The van der Waals surface area contributed by atoms with E-state index in [0.29, 0.717) is 30.3 Å². The molecular formula is C10H9FO2. The van der Waals surface area contributed by atoms with Crippen molar-refractivity contribution in [2.75, 3.05) is 0 Å². The first-order valence-corrected chi connectivity index (χ1v) is 3.95. The molecule has 1 rings (SSSR count). The van der Waals surface area contributed by atoms with Crippen LogP contribution in [0.15, 0.2) is 18.2 Å². The average molecular weight is 180 g/mol. The number of aldehydes is 2. The number of hydrogen-bond acceptors (Lipinski definition) is 2. The molecule has 1 aromatic rings. The van der Waals surface area contributed by atoms with Gasteiger partial charge in [-0.2, -0.15) is 0 Å². The molecule has 2 nitrogen and oxygen atoms in total. The van der Waals surface area contributed by atoms with Crippen molar-refractivity contribution in [1.29, 1.82) is 0 Å². The molecule has 68 valence electrons.